The van der Waals surface area contributed by atoms with Gasteiger partial charge in [-0.05, 0) is 36.5 Å². The minimum absolute atomic E-state index is 0.491. The number of carboxylic acid groups (broad SMARTS) is 1. The van der Waals surface area contributed by atoms with Crippen molar-refractivity contribution < 1.29 is 9.90 Å². The first-order valence-electron chi connectivity index (χ1n) is 5.67. The van der Waals surface area contributed by atoms with E-state index in [1.165, 1.54) is 0 Å². The summed E-state index contributed by atoms with van der Waals surface area (Å²) in [5, 5.41) is 9.10. The van der Waals surface area contributed by atoms with Crippen molar-refractivity contribution in [3.05, 3.63) is 60.2 Å². The number of aliphatic carboxylic acids is 1. The van der Waals surface area contributed by atoms with Crippen LogP contribution in [-0.2, 0) is 17.6 Å². The summed E-state index contributed by atoms with van der Waals surface area (Å²) in [6, 6.07) is 5.79. The molecule has 0 aromatic heterocycles. The molecule has 1 unspecified atom stereocenters. The molecule has 1 aromatic rings. The van der Waals surface area contributed by atoms with Gasteiger partial charge in [0.2, 0.25) is 0 Å². The molecule has 1 atom stereocenters. The molecule has 90 valence electrons. The van der Waals surface area contributed by atoms with E-state index in [9.17, 15) is 4.79 Å². The zero-order valence-corrected chi connectivity index (χ0v) is 10.1. The Morgan fingerprint density at radius 1 is 1.35 bits per heavy atom. The van der Waals surface area contributed by atoms with E-state index in [1.54, 1.807) is 13.0 Å². The van der Waals surface area contributed by atoms with Gasteiger partial charge in [0.15, 0.2) is 0 Å². The number of hydrogen-bond donors (Lipinski definition) is 1. The van der Waals surface area contributed by atoms with Gasteiger partial charge < -0.3 is 5.11 Å². The maximum absolute atomic E-state index is 11.1. The van der Waals surface area contributed by atoms with E-state index >= 15 is 0 Å². The smallest absolute Gasteiger partial charge is 0.310 e. The number of carboxylic acids is 1. The van der Waals surface area contributed by atoms with Crippen LogP contribution in [0.25, 0.3) is 0 Å². The fraction of sp³-hybridized carbons (Fsp3) is 0.267. The van der Waals surface area contributed by atoms with Crippen LogP contribution >= 0.6 is 0 Å². The number of benzene rings is 1. The molecule has 0 aliphatic rings. The quantitative estimate of drug-likeness (QED) is 0.761. The minimum Gasteiger partial charge on any atom is -0.481 e. The Bertz CT molecular complexity index is 433. The Hall–Kier alpha value is -1.83. The highest BCUT2D eigenvalue weighted by Gasteiger charge is 2.18. The van der Waals surface area contributed by atoms with Crippen molar-refractivity contribution in [2.45, 2.75) is 25.7 Å². The van der Waals surface area contributed by atoms with Crippen LogP contribution in [0.4, 0.5) is 0 Å². The van der Waals surface area contributed by atoms with E-state index in [4.69, 9.17) is 5.11 Å². The van der Waals surface area contributed by atoms with E-state index < -0.39 is 11.9 Å². The average Bonchev–Trinajstić information content (AvgIpc) is 2.31. The highest BCUT2D eigenvalue weighted by molar-refractivity contribution is 5.76. The highest BCUT2D eigenvalue weighted by Crippen LogP contribution is 2.24. The Morgan fingerprint density at radius 2 is 2.00 bits per heavy atom. The Morgan fingerprint density at radius 3 is 2.53 bits per heavy atom. The number of allylic oxidation sites excluding steroid dienone is 2. The maximum Gasteiger partial charge on any atom is 0.310 e. The molecule has 1 rings (SSSR count). The first-order chi connectivity index (χ1) is 8.11. The normalized spacial score (nSPS) is 11.8. The third-order valence-electron chi connectivity index (χ3n) is 2.86. The zero-order chi connectivity index (χ0) is 12.8. The van der Waals surface area contributed by atoms with Crippen LogP contribution in [0, 0.1) is 0 Å². The standard InChI is InChI=1S/C15H18O2/c1-4-7-12-9-6-10-13(11(3)15(16)17)14(12)8-5-2/h4-6,9-11H,1-2,7-8H2,3H3,(H,16,17). The first-order valence-corrected chi connectivity index (χ1v) is 5.67. The molecule has 0 radical (unpaired) electrons. The van der Waals surface area contributed by atoms with Crippen LogP contribution in [0.5, 0.6) is 0 Å². The fourth-order valence-corrected chi connectivity index (χ4v) is 1.93. The van der Waals surface area contributed by atoms with Crippen LogP contribution in [0.1, 0.15) is 29.5 Å². The molecule has 0 amide bonds. The van der Waals surface area contributed by atoms with Gasteiger partial charge in [0.1, 0.15) is 0 Å². The molecule has 0 heterocycles. The average molecular weight is 230 g/mol. The van der Waals surface area contributed by atoms with Gasteiger partial charge in [0, 0.05) is 0 Å². The van der Waals surface area contributed by atoms with Gasteiger partial charge in [0.25, 0.3) is 0 Å². The molecule has 1 aromatic carbocycles. The van der Waals surface area contributed by atoms with Crippen molar-refractivity contribution in [3.63, 3.8) is 0 Å². The van der Waals surface area contributed by atoms with Gasteiger partial charge >= 0.3 is 5.97 Å². The second-order valence-electron chi connectivity index (χ2n) is 4.03. The fourth-order valence-electron chi connectivity index (χ4n) is 1.93. The van der Waals surface area contributed by atoms with E-state index in [1.807, 2.05) is 24.3 Å². The number of hydrogen-bond acceptors (Lipinski definition) is 1. The lowest BCUT2D eigenvalue weighted by molar-refractivity contribution is -0.138. The molecule has 0 saturated carbocycles. The predicted octanol–water partition coefficient (Wildman–Crippen LogP) is 3.33. The van der Waals surface area contributed by atoms with Crippen molar-refractivity contribution in [1.29, 1.82) is 0 Å². The Kier molecular flexibility index (Phi) is 4.70. The molecule has 0 spiro atoms. The summed E-state index contributed by atoms with van der Waals surface area (Å²) < 4.78 is 0. The first kappa shape index (κ1) is 13.2. The third-order valence-corrected chi connectivity index (χ3v) is 2.86. The van der Waals surface area contributed by atoms with E-state index in [2.05, 4.69) is 13.2 Å². The van der Waals surface area contributed by atoms with Crippen LogP contribution in [0.2, 0.25) is 0 Å². The number of carbonyl (C=O) groups is 1. The summed E-state index contributed by atoms with van der Waals surface area (Å²) in [5.41, 5.74) is 3.07. The van der Waals surface area contributed by atoms with Crippen molar-refractivity contribution in [2.75, 3.05) is 0 Å². The van der Waals surface area contributed by atoms with Crippen molar-refractivity contribution in [1.82, 2.24) is 0 Å². The molecule has 17 heavy (non-hydrogen) atoms. The monoisotopic (exact) mass is 230 g/mol. The molecular weight excluding hydrogens is 212 g/mol. The SMILES string of the molecule is C=CCc1cccc(C(C)C(=O)O)c1CC=C. The molecule has 0 saturated heterocycles. The molecule has 0 aliphatic carbocycles. The summed E-state index contributed by atoms with van der Waals surface area (Å²) in [4.78, 5) is 11.1. The van der Waals surface area contributed by atoms with Gasteiger partial charge in [-0.15, -0.1) is 13.2 Å². The van der Waals surface area contributed by atoms with E-state index in [0.717, 1.165) is 23.1 Å². The second-order valence-corrected chi connectivity index (χ2v) is 4.03. The van der Waals surface area contributed by atoms with Crippen LogP contribution in [0.15, 0.2) is 43.5 Å². The molecular formula is C15H18O2. The third kappa shape index (κ3) is 3.06. The van der Waals surface area contributed by atoms with Crippen molar-refractivity contribution in [2.24, 2.45) is 0 Å². The molecule has 2 nitrogen and oxygen atoms in total. The minimum atomic E-state index is -0.800. The van der Waals surface area contributed by atoms with Crippen LogP contribution in [0.3, 0.4) is 0 Å². The highest BCUT2D eigenvalue weighted by atomic mass is 16.4. The molecule has 2 heteroatoms. The number of rotatable bonds is 6. The topological polar surface area (TPSA) is 37.3 Å². The molecule has 0 fully saturated rings. The summed E-state index contributed by atoms with van der Waals surface area (Å²) in [7, 11) is 0. The van der Waals surface area contributed by atoms with Crippen LogP contribution in [-0.4, -0.2) is 11.1 Å². The molecule has 1 N–H and O–H groups in total. The Balaban J connectivity index is 3.27. The summed E-state index contributed by atoms with van der Waals surface area (Å²) in [6.45, 7) is 9.16. The molecule has 0 bridgehead atoms. The summed E-state index contributed by atoms with van der Waals surface area (Å²) >= 11 is 0. The summed E-state index contributed by atoms with van der Waals surface area (Å²) in [5.74, 6) is -1.29. The van der Waals surface area contributed by atoms with Gasteiger partial charge in [-0.25, -0.2) is 0 Å². The lowest BCUT2D eigenvalue weighted by Gasteiger charge is -2.15. The van der Waals surface area contributed by atoms with E-state index in [0.29, 0.717) is 6.42 Å². The van der Waals surface area contributed by atoms with Gasteiger partial charge in [-0.2, -0.15) is 0 Å². The van der Waals surface area contributed by atoms with Gasteiger partial charge in [-0.3, -0.25) is 4.79 Å². The lowest BCUT2D eigenvalue weighted by atomic mass is 9.89. The summed E-state index contributed by atoms with van der Waals surface area (Å²) in [6.07, 6.45) is 5.08. The maximum atomic E-state index is 11.1. The van der Waals surface area contributed by atoms with Gasteiger partial charge in [0.05, 0.1) is 5.92 Å². The predicted molar refractivity (Wildman–Crippen MR) is 70.3 cm³/mol. The van der Waals surface area contributed by atoms with E-state index in [-0.39, 0.29) is 0 Å². The lowest BCUT2D eigenvalue weighted by Crippen LogP contribution is -2.11. The van der Waals surface area contributed by atoms with Crippen molar-refractivity contribution >= 4 is 5.97 Å². The zero-order valence-electron chi connectivity index (χ0n) is 10.1. The molecule has 0 aliphatic heterocycles. The Labute approximate surface area is 102 Å². The van der Waals surface area contributed by atoms with Gasteiger partial charge in [-0.1, -0.05) is 30.4 Å². The van der Waals surface area contributed by atoms with Crippen LogP contribution < -0.4 is 0 Å². The second kappa shape index (κ2) is 6.04. The largest absolute Gasteiger partial charge is 0.481 e. The van der Waals surface area contributed by atoms with Crippen molar-refractivity contribution in [3.8, 4) is 0 Å².